The van der Waals surface area contributed by atoms with Gasteiger partial charge in [0, 0.05) is 11.0 Å². The largest absolute Gasteiger partial charge is 0.480 e. The highest BCUT2D eigenvalue weighted by Gasteiger charge is 2.17. The number of halogens is 3. The molecule has 0 heterocycles. The van der Waals surface area contributed by atoms with E-state index in [1.807, 2.05) is 0 Å². The highest BCUT2D eigenvalue weighted by molar-refractivity contribution is 9.10. The van der Waals surface area contributed by atoms with Gasteiger partial charge in [0.05, 0.1) is 10.7 Å². The van der Waals surface area contributed by atoms with E-state index >= 15 is 0 Å². The molecule has 8 heteroatoms. The van der Waals surface area contributed by atoms with Gasteiger partial charge in [-0.2, -0.15) is 0 Å². The number of benzene rings is 1. The number of carbonyl (C=O) groups is 2. The van der Waals surface area contributed by atoms with Crippen molar-refractivity contribution < 1.29 is 19.1 Å². The van der Waals surface area contributed by atoms with E-state index in [9.17, 15) is 14.0 Å². The molecule has 0 bridgehead atoms. The summed E-state index contributed by atoms with van der Waals surface area (Å²) in [4.78, 5) is 23.5. The van der Waals surface area contributed by atoms with Crippen LogP contribution in [0.25, 0.3) is 0 Å². The van der Waals surface area contributed by atoms with E-state index in [4.69, 9.17) is 16.7 Å². The van der Waals surface area contributed by atoms with Gasteiger partial charge >= 0.3 is 12.0 Å². The molecule has 0 saturated heterocycles. The molecular weight excluding hydrogens is 342 g/mol. The molecule has 0 aliphatic heterocycles. The molecule has 5 nitrogen and oxygen atoms in total. The van der Waals surface area contributed by atoms with Gasteiger partial charge in [0.2, 0.25) is 0 Å². The molecule has 0 saturated carbocycles. The number of nitrogens with one attached hydrogen (secondary N) is 1. The molecule has 0 radical (unpaired) electrons. The Morgan fingerprint density at radius 3 is 2.63 bits per heavy atom. The number of hydrogen-bond acceptors (Lipinski definition) is 2. The third-order valence-corrected chi connectivity index (χ3v) is 3.16. The molecule has 1 aromatic rings. The zero-order valence-corrected chi connectivity index (χ0v) is 12.3. The lowest BCUT2D eigenvalue weighted by atomic mass is 10.3. The Balaban J connectivity index is 2.90. The Morgan fingerprint density at radius 2 is 2.16 bits per heavy atom. The van der Waals surface area contributed by atoms with Crippen LogP contribution in [0.5, 0.6) is 0 Å². The smallest absolute Gasteiger partial charge is 0.323 e. The minimum Gasteiger partial charge on any atom is -0.480 e. The van der Waals surface area contributed by atoms with Crippen molar-refractivity contribution in [3.8, 4) is 0 Å². The molecule has 2 amide bonds. The second-order valence-electron chi connectivity index (χ2n) is 3.58. The van der Waals surface area contributed by atoms with Crippen molar-refractivity contribution in [1.29, 1.82) is 0 Å². The van der Waals surface area contributed by atoms with Gasteiger partial charge in [0.1, 0.15) is 12.4 Å². The minimum absolute atomic E-state index is 0.0200. The van der Waals surface area contributed by atoms with Gasteiger partial charge in [0.25, 0.3) is 0 Å². The second kappa shape index (κ2) is 6.72. The average molecular weight is 354 g/mol. The number of nitrogens with zero attached hydrogens (tertiary/aromatic N) is 1. The number of anilines is 1. The Labute approximate surface area is 122 Å². The third kappa shape index (κ3) is 4.36. The molecule has 1 rings (SSSR count). The zero-order chi connectivity index (χ0) is 14.6. The normalized spacial score (nSPS) is 10.1. The first kappa shape index (κ1) is 15.7. The fourth-order valence-electron chi connectivity index (χ4n) is 1.34. The summed E-state index contributed by atoms with van der Waals surface area (Å²) in [5, 5.41) is 11.1. The van der Waals surface area contributed by atoms with Crippen molar-refractivity contribution in [3.05, 3.63) is 27.4 Å². The van der Waals surface area contributed by atoms with Gasteiger partial charge < -0.3 is 15.3 Å². The predicted octanol–water partition coefficient (Wildman–Crippen LogP) is 3.18. The first-order valence-corrected chi connectivity index (χ1v) is 6.44. The summed E-state index contributed by atoms with van der Waals surface area (Å²) in [7, 11) is 0. The molecule has 0 aliphatic carbocycles. The van der Waals surface area contributed by atoms with Crippen LogP contribution in [0.15, 0.2) is 16.6 Å². The Morgan fingerprint density at radius 1 is 1.53 bits per heavy atom. The molecule has 0 aliphatic rings. The number of urea groups is 1. The monoisotopic (exact) mass is 352 g/mol. The van der Waals surface area contributed by atoms with Gasteiger partial charge in [-0.05, 0) is 35.0 Å². The van der Waals surface area contributed by atoms with E-state index in [1.54, 1.807) is 6.92 Å². The van der Waals surface area contributed by atoms with Crippen LogP contribution >= 0.6 is 27.5 Å². The summed E-state index contributed by atoms with van der Waals surface area (Å²) in [6.07, 6.45) is 0. The fourth-order valence-corrected chi connectivity index (χ4v) is 2.24. The van der Waals surface area contributed by atoms with Crippen molar-refractivity contribution >= 4 is 45.2 Å². The number of amides is 2. The van der Waals surface area contributed by atoms with E-state index in [0.29, 0.717) is 0 Å². The lowest BCUT2D eigenvalue weighted by Gasteiger charge is -2.20. The quantitative estimate of drug-likeness (QED) is 0.873. The van der Waals surface area contributed by atoms with Gasteiger partial charge in [-0.25, -0.2) is 9.18 Å². The highest BCUT2D eigenvalue weighted by Crippen LogP contribution is 2.31. The maximum atomic E-state index is 13.0. The predicted molar refractivity (Wildman–Crippen MR) is 73.0 cm³/mol. The maximum absolute atomic E-state index is 13.0. The van der Waals surface area contributed by atoms with Crippen LogP contribution in [0.4, 0.5) is 14.9 Å². The van der Waals surface area contributed by atoms with Gasteiger partial charge in [0.15, 0.2) is 0 Å². The number of likely N-dealkylation sites (N-methyl/N-ethyl adjacent to an activating group) is 1. The maximum Gasteiger partial charge on any atom is 0.323 e. The molecule has 0 fully saturated rings. The molecule has 0 unspecified atom stereocenters. The van der Waals surface area contributed by atoms with Crippen molar-refractivity contribution in [2.24, 2.45) is 0 Å². The van der Waals surface area contributed by atoms with Crippen LogP contribution in [0.2, 0.25) is 5.02 Å². The van der Waals surface area contributed by atoms with Crippen LogP contribution in [-0.4, -0.2) is 35.1 Å². The number of carboxylic acids is 1. The summed E-state index contributed by atoms with van der Waals surface area (Å²) < 4.78 is 13.3. The average Bonchev–Trinajstić information content (AvgIpc) is 2.30. The van der Waals surface area contributed by atoms with Crippen molar-refractivity contribution in [2.75, 3.05) is 18.4 Å². The molecule has 19 heavy (non-hydrogen) atoms. The molecule has 1 aromatic carbocycles. The topological polar surface area (TPSA) is 69.6 Å². The molecule has 104 valence electrons. The Hall–Kier alpha value is -1.34. The lowest BCUT2D eigenvalue weighted by molar-refractivity contribution is -0.137. The highest BCUT2D eigenvalue weighted by atomic mass is 79.9. The number of carbonyl (C=O) groups excluding carboxylic acids is 1. The van der Waals surface area contributed by atoms with Crippen LogP contribution in [0.1, 0.15) is 6.92 Å². The third-order valence-electron chi connectivity index (χ3n) is 2.23. The Bertz CT molecular complexity index is 490. The lowest BCUT2D eigenvalue weighted by Crippen LogP contribution is -2.38. The van der Waals surface area contributed by atoms with Crippen molar-refractivity contribution in [1.82, 2.24) is 4.90 Å². The minimum atomic E-state index is -1.12. The van der Waals surface area contributed by atoms with Crippen LogP contribution in [-0.2, 0) is 4.79 Å². The van der Waals surface area contributed by atoms with Crippen LogP contribution < -0.4 is 5.32 Å². The molecule has 2 N–H and O–H groups in total. The summed E-state index contributed by atoms with van der Waals surface area (Å²) >= 11 is 8.89. The van der Waals surface area contributed by atoms with Gasteiger partial charge in [-0.1, -0.05) is 11.6 Å². The van der Waals surface area contributed by atoms with Gasteiger partial charge in [-0.3, -0.25) is 4.79 Å². The van der Waals surface area contributed by atoms with E-state index < -0.39 is 24.4 Å². The standard InChI is InChI=1S/C11H11BrClFN2O3/c1-2-16(5-9(17)18)11(19)15-10-7(12)3-6(14)4-8(10)13/h3-4H,2,5H2,1H3,(H,15,19)(H,17,18). The van der Waals surface area contributed by atoms with Crippen molar-refractivity contribution in [3.63, 3.8) is 0 Å². The number of hydrogen-bond donors (Lipinski definition) is 2. The van der Waals surface area contributed by atoms with E-state index in [-0.39, 0.29) is 21.7 Å². The van der Waals surface area contributed by atoms with E-state index in [1.165, 1.54) is 0 Å². The summed E-state index contributed by atoms with van der Waals surface area (Å²) in [5.41, 5.74) is 0.192. The van der Waals surface area contributed by atoms with Gasteiger partial charge in [-0.15, -0.1) is 0 Å². The molecule has 0 aromatic heterocycles. The van der Waals surface area contributed by atoms with Crippen molar-refractivity contribution in [2.45, 2.75) is 6.92 Å². The van der Waals surface area contributed by atoms with Crippen LogP contribution in [0, 0.1) is 5.82 Å². The Kier molecular flexibility index (Phi) is 5.56. The van der Waals surface area contributed by atoms with E-state index in [0.717, 1.165) is 17.0 Å². The zero-order valence-electron chi connectivity index (χ0n) is 9.91. The number of carboxylic acid groups (broad SMARTS) is 1. The second-order valence-corrected chi connectivity index (χ2v) is 4.84. The first-order valence-electron chi connectivity index (χ1n) is 5.27. The molecular formula is C11H11BrClFN2O3. The SMILES string of the molecule is CCN(CC(=O)O)C(=O)Nc1c(Cl)cc(F)cc1Br. The van der Waals surface area contributed by atoms with Crippen LogP contribution in [0.3, 0.4) is 0 Å². The van der Waals surface area contributed by atoms with E-state index in [2.05, 4.69) is 21.2 Å². The molecule has 0 spiro atoms. The summed E-state index contributed by atoms with van der Waals surface area (Å²) in [6.45, 7) is 1.43. The fraction of sp³-hybridized carbons (Fsp3) is 0.273. The first-order chi connectivity index (χ1) is 8.85. The number of aliphatic carboxylic acids is 1. The molecule has 0 atom stereocenters. The summed E-state index contributed by atoms with van der Waals surface area (Å²) in [5.74, 6) is -1.67. The summed E-state index contributed by atoms with van der Waals surface area (Å²) in [6, 6.07) is 1.57. The number of rotatable bonds is 4.